The van der Waals surface area contributed by atoms with E-state index >= 15 is 0 Å². The fraction of sp³-hybridized carbons (Fsp3) is 0.500. The van der Waals surface area contributed by atoms with Gasteiger partial charge < -0.3 is 33.2 Å². The summed E-state index contributed by atoms with van der Waals surface area (Å²) in [5.74, 6) is 1.72. The molecule has 2 aromatic carbocycles. The third kappa shape index (κ3) is 3.62. The van der Waals surface area contributed by atoms with E-state index in [1.54, 1.807) is 21.3 Å². The van der Waals surface area contributed by atoms with Crippen molar-refractivity contribution in [2.24, 2.45) is 5.92 Å². The zero-order valence-electron chi connectivity index (χ0n) is 20.4. The molecule has 188 valence electrons. The van der Waals surface area contributed by atoms with Crippen molar-refractivity contribution in [3.63, 3.8) is 0 Å². The number of hydrogen-bond donors (Lipinski definition) is 0. The van der Waals surface area contributed by atoms with E-state index in [4.69, 9.17) is 33.2 Å². The summed E-state index contributed by atoms with van der Waals surface area (Å²) in [6.07, 6.45) is 0.450. The highest BCUT2D eigenvalue weighted by molar-refractivity contribution is 9.10. The van der Waals surface area contributed by atoms with Crippen LogP contribution in [0.4, 0.5) is 0 Å². The Balaban J connectivity index is 1.77. The highest BCUT2D eigenvalue weighted by Crippen LogP contribution is 2.61. The first kappa shape index (κ1) is 24.1. The highest BCUT2D eigenvalue weighted by atomic mass is 79.9. The minimum atomic E-state index is -1.07. The molecular formula is C26H29BrO8. The van der Waals surface area contributed by atoms with Crippen LogP contribution in [0.2, 0.25) is 0 Å². The predicted octanol–water partition coefficient (Wildman–Crippen LogP) is 4.75. The first-order valence-corrected chi connectivity index (χ1v) is 12.4. The Morgan fingerprint density at radius 3 is 2.20 bits per heavy atom. The van der Waals surface area contributed by atoms with Gasteiger partial charge in [0.1, 0.15) is 4.32 Å². The van der Waals surface area contributed by atoms with Crippen molar-refractivity contribution in [1.82, 2.24) is 0 Å². The Bertz CT molecular complexity index is 1130. The third-order valence-electron chi connectivity index (χ3n) is 7.20. The number of methoxy groups -OCH3 is 3. The second-order valence-corrected chi connectivity index (χ2v) is 10.3. The molecule has 2 aliphatic heterocycles. The Morgan fingerprint density at radius 2 is 1.63 bits per heavy atom. The molecule has 1 saturated heterocycles. The van der Waals surface area contributed by atoms with E-state index in [1.165, 1.54) is 0 Å². The first-order chi connectivity index (χ1) is 16.9. The van der Waals surface area contributed by atoms with E-state index in [2.05, 4.69) is 22.9 Å². The molecule has 5 atom stereocenters. The molecule has 1 fully saturated rings. The summed E-state index contributed by atoms with van der Waals surface area (Å²) >= 11 is 3.88. The summed E-state index contributed by atoms with van der Waals surface area (Å²) in [5, 5.41) is 0. The summed E-state index contributed by atoms with van der Waals surface area (Å²) in [6, 6.07) is 7.68. The van der Waals surface area contributed by atoms with Crippen molar-refractivity contribution in [3.8, 4) is 28.7 Å². The maximum absolute atomic E-state index is 13.4. The van der Waals surface area contributed by atoms with E-state index in [-0.39, 0.29) is 37.5 Å². The van der Waals surface area contributed by atoms with Crippen LogP contribution in [-0.4, -0.2) is 51.1 Å². The van der Waals surface area contributed by atoms with Gasteiger partial charge in [-0.3, -0.25) is 4.79 Å². The van der Waals surface area contributed by atoms with Crippen molar-refractivity contribution in [2.75, 3.05) is 34.7 Å². The molecular weight excluding hydrogens is 520 g/mol. The second-order valence-electron chi connectivity index (χ2n) is 8.97. The molecule has 2 heterocycles. The topological polar surface area (TPSA) is 81.7 Å². The fourth-order valence-electron chi connectivity index (χ4n) is 5.31. The zero-order valence-corrected chi connectivity index (χ0v) is 22.0. The number of carbonyl (C=O) groups is 1. The van der Waals surface area contributed by atoms with Gasteiger partial charge in [-0.1, -0.05) is 22.9 Å². The molecule has 1 aliphatic carbocycles. The van der Waals surface area contributed by atoms with Crippen LogP contribution in [0.3, 0.4) is 0 Å². The van der Waals surface area contributed by atoms with Crippen molar-refractivity contribution >= 4 is 21.9 Å². The Kier molecular flexibility index (Phi) is 6.25. The Hall–Kier alpha value is -2.65. The van der Waals surface area contributed by atoms with Gasteiger partial charge in [0.05, 0.1) is 46.1 Å². The smallest absolute Gasteiger partial charge is 0.324 e. The van der Waals surface area contributed by atoms with Crippen LogP contribution in [-0.2, 0) is 14.3 Å². The van der Waals surface area contributed by atoms with Crippen LogP contribution in [0, 0.1) is 5.92 Å². The standard InChI is InChI=1S/C26H29BrO8/c1-6-13(2)35-23-16-10-19-18(33-12-34-19)9-15(16)22(26(27)17(23)11-32-25(26)28)14-7-20(29-3)24(31-5)21(8-14)30-4/h7-10,13,17,22-23H,6,11-12H2,1-5H3/t13?,17-,22-,23+,26+/m1/s1. The number of halogens is 1. The van der Waals surface area contributed by atoms with Gasteiger partial charge >= 0.3 is 5.97 Å². The van der Waals surface area contributed by atoms with Gasteiger partial charge in [-0.25, -0.2) is 0 Å². The normalized spacial score (nSPS) is 27.0. The first-order valence-electron chi connectivity index (χ1n) is 11.6. The lowest BCUT2D eigenvalue weighted by atomic mass is 9.66. The molecule has 0 N–H and O–H groups in total. The number of fused-ring (bicyclic) bond motifs is 3. The number of esters is 1. The van der Waals surface area contributed by atoms with Crippen LogP contribution in [0.15, 0.2) is 24.3 Å². The molecule has 0 radical (unpaired) electrons. The third-order valence-corrected chi connectivity index (χ3v) is 8.57. The van der Waals surface area contributed by atoms with Gasteiger partial charge in [0.25, 0.3) is 0 Å². The van der Waals surface area contributed by atoms with Crippen LogP contribution < -0.4 is 23.7 Å². The summed E-state index contributed by atoms with van der Waals surface area (Å²) in [4.78, 5) is 13.4. The zero-order chi connectivity index (χ0) is 24.9. The van der Waals surface area contributed by atoms with Gasteiger partial charge in [0.15, 0.2) is 23.0 Å². The van der Waals surface area contributed by atoms with Crippen LogP contribution in [0.25, 0.3) is 0 Å². The quantitative estimate of drug-likeness (QED) is 0.362. The van der Waals surface area contributed by atoms with Gasteiger partial charge in [0, 0.05) is 5.92 Å². The number of rotatable bonds is 7. The molecule has 0 saturated carbocycles. The molecule has 8 nitrogen and oxygen atoms in total. The minimum Gasteiger partial charge on any atom is -0.493 e. The van der Waals surface area contributed by atoms with Crippen molar-refractivity contribution in [2.45, 2.75) is 42.7 Å². The maximum Gasteiger partial charge on any atom is 0.324 e. The van der Waals surface area contributed by atoms with Gasteiger partial charge in [-0.2, -0.15) is 0 Å². The van der Waals surface area contributed by atoms with Gasteiger partial charge in [0.2, 0.25) is 12.5 Å². The molecule has 1 unspecified atom stereocenters. The molecule has 0 aromatic heterocycles. The molecule has 5 rings (SSSR count). The van der Waals surface area contributed by atoms with Crippen LogP contribution in [0.1, 0.15) is 49.0 Å². The van der Waals surface area contributed by atoms with E-state index in [1.807, 2.05) is 31.2 Å². The molecule has 3 aliphatic rings. The summed E-state index contributed by atoms with van der Waals surface area (Å²) in [6.45, 7) is 4.49. The van der Waals surface area contributed by atoms with Gasteiger partial charge in [-0.15, -0.1) is 0 Å². The SMILES string of the molecule is CCC(C)O[C@H]1c2cc3c(cc2[C@@H](c2cc(OC)c(OC)c(OC)c2)[C@]2(Br)C(=O)OC[C@H]12)OCO3. The lowest BCUT2D eigenvalue weighted by Crippen LogP contribution is -2.48. The largest absolute Gasteiger partial charge is 0.493 e. The summed E-state index contributed by atoms with van der Waals surface area (Å²) in [5.41, 5.74) is 2.65. The number of benzene rings is 2. The molecule has 35 heavy (non-hydrogen) atoms. The van der Waals surface area contributed by atoms with Crippen molar-refractivity contribution in [1.29, 1.82) is 0 Å². The van der Waals surface area contributed by atoms with E-state index in [0.29, 0.717) is 28.7 Å². The molecule has 0 spiro atoms. The van der Waals surface area contributed by atoms with Crippen molar-refractivity contribution < 1.29 is 38.0 Å². The van der Waals surface area contributed by atoms with E-state index < -0.39 is 10.2 Å². The lowest BCUT2D eigenvalue weighted by molar-refractivity contribution is -0.140. The van der Waals surface area contributed by atoms with E-state index in [0.717, 1.165) is 23.1 Å². The second kappa shape index (κ2) is 9.09. The monoisotopic (exact) mass is 548 g/mol. The van der Waals surface area contributed by atoms with Gasteiger partial charge in [-0.05, 0) is 54.3 Å². The molecule has 9 heteroatoms. The highest BCUT2D eigenvalue weighted by Gasteiger charge is 2.63. The molecule has 0 bridgehead atoms. The molecule has 0 amide bonds. The van der Waals surface area contributed by atoms with Crippen LogP contribution in [0.5, 0.6) is 28.7 Å². The average molecular weight is 549 g/mol. The number of cyclic esters (lactones) is 1. The number of ether oxygens (including phenoxy) is 7. The summed E-state index contributed by atoms with van der Waals surface area (Å²) < 4.78 is 39.3. The Morgan fingerprint density at radius 1 is 1.00 bits per heavy atom. The maximum atomic E-state index is 13.4. The van der Waals surface area contributed by atoms with E-state index in [9.17, 15) is 4.79 Å². The number of hydrogen-bond acceptors (Lipinski definition) is 8. The summed E-state index contributed by atoms with van der Waals surface area (Å²) in [7, 11) is 4.70. The van der Waals surface area contributed by atoms with Crippen LogP contribution >= 0.6 is 15.9 Å². The number of alkyl halides is 1. The Labute approximate surface area is 212 Å². The minimum absolute atomic E-state index is 0.0107. The number of carbonyl (C=O) groups excluding carboxylic acids is 1. The average Bonchev–Trinajstić information content (AvgIpc) is 3.45. The molecule has 2 aromatic rings. The lowest BCUT2D eigenvalue weighted by Gasteiger charge is -2.44. The predicted molar refractivity (Wildman–Crippen MR) is 130 cm³/mol. The van der Waals surface area contributed by atoms with Crippen molar-refractivity contribution in [3.05, 3.63) is 41.0 Å². The fourth-order valence-corrected chi connectivity index (χ4v) is 6.30.